The number of amides is 2. The van der Waals surface area contributed by atoms with E-state index in [1.165, 1.54) is 12.1 Å². The zero-order valence-electron chi connectivity index (χ0n) is 13.1. The predicted molar refractivity (Wildman–Crippen MR) is 83.4 cm³/mol. The Balaban J connectivity index is 2.52. The number of nitro benzene ring substituents is 1. The minimum atomic E-state index is -0.477. The fraction of sp³-hybridized carbons (Fsp3) is 0.533. The number of urea groups is 1. The lowest BCUT2D eigenvalue weighted by Crippen LogP contribution is -2.45. The van der Waals surface area contributed by atoms with Crippen LogP contribution in [0.2, 0.25) is 0 Å². The number of carbonyl (C=O) groups excluding carboxylic acids is 1. The van der Waals surface area contributed by atoms with E-state index in [1.807, 2.05) is 20.8 Å². The minimum Gasteiger partial charge on any atom is -0.394 e. The summed E-state index contributed by atoms with van der Waals surface area (Å²) >= 11 is 0. The molecule has 0 radical (unpaired) electrons. The van der Waals surface area contributed by atoms with Crippen LogP contribution in [0.25, 0.3) is 0 Å². The predicted octanol–water partition coefficient (Wildman–Crippen LogP) is 2.19. The maximum Gasteiger partial charge on any atom is 0.315 e. The van der Waals surface area contributed by atoms with Crippen molar-refractivity contribution in [3.63, 3.8) is 0 Å². The molecule has 2 amide bonds. The second kappa shape index (κ2) is 7.74. The van der Waals surface area contributed by atoms with Crippen molar-refractivity contribution in [2.75, 3.05) is 6.61 Å². The van der Waals surface area contributed by atoms with Crippen molar-refractivity contribution in [1.29, 1.82) is 0 Å². The number of nitrogens with one attached hydrogen (secondary N) is 2. The van der Waals surface area contributed by atoms with Crippen LogP contribution in [0, 0.1) is 15.5 Å². The minimum absolute atomic E-state index is 0.0132. The van der Waals surface area contributed by atoms with Crippen LogP contribution in [0.4, 0.5) is 10.5 Å². The van der Waals surface area contributed by atoms with Gasteiger partial charge in [0.25, 0.3) is 5.69 Å². The van der Waals surface area contributed by atoms with E-state index in [1.54, 1.807) is 12.1 Å². The summed E-state index contributed by atoms with van der Waals surface area (Å²) in [4.78, 5) is 22.0. The lowest BCUT2D eigenvalue weighted by Gasteiger charge is -2.25. The van der Waals surface area contributed by atoms with Crippen molar-refractivity contribution in [1.82, 2.24) is 10.6 Å². The van der Waals surface area contributed by atoms with Crippen molar-refractivity contribution in [2.45, 2.75) is 39.8 Å². The van der Waals surface area contributed by atoms with Crippen molar-refractivity contribution in [2.24, 2.45) is 5.41 Å². The van der Waals surface area contributed by atoms with Gasteiger partial charge in [0.2, 0.25) is 0 Å². The van der Waals surface area contributed by atoms with Crippen LogP contribution < -0.4 is 10.6 Å². The molecule has 0 heterocycles. The summed E-state index contributed by atoms with van der Waals surface area (Å²) in [6.07, 6.45) is 0.647. The highest BCUT2D eigenvalue weighted by Crippen LogP contribution is 2.20. The Morgan fingerprint density at radius 2 is 2.09 bits per heavy atom. The van der Waals surface area contributed by atoms with Crippen LogP contribution in [0.1, 0.15) is 32.8 Å². The molecule has 0 aliphatic rings. The fourth-order valence-corrected chi connectivity index (χ4v) is 2.10. The Hall–Kier alpha value is -2.15. The van der Waals surface area contributed by atoms with Crippen LogP contribution in [0.3, 0.4) is 0 Å². The Kier molecular flexibility index (Phi) is 6.30. The maximum atomic E-state index is 11.8. The van der Waals surface area contributed by atoms with Gasteiger partial charge in [0.15, 0.2) is 0 Å². The van der Waals surface area contributed by atoms with E-state index >= 15 is 0 Å². The van der Waals surface area contributed by atoms with Crippen LogP contribution in [0.5, 0.6) is 0 Å². The molecule has 1 aromatic carbocycles. The van der Waals surface area contributed by atoms with Gasteiger partial charge in [-0.2, -0.15) is 0 Å². The van der Waals surface area contributed by atoms with Gasteiger partial charge in [0.1, 0.15) is 0 Å². The quantitative estimate of drug-likeness (QED) is 0.553. The summed E-state index contributed by atoms with van der Waals surface area (Å²) in [6, 6.07) is 5.35. The molecule has 0 aromatic heterocycles. The third kappa shape index (κ3) is 6.53. The third-order valence-electron chi connectivity index (χ3n) is 2.99. The summed E-state index contributed by atoms with van der Waals surface area (Å²) in [5.41, 5.74) is 0.613. The number of hydrogen-bond acceptors (Lipinski definition) is 4. The number of carbonyl (C=O) groups is 1. The van der Waals surface area contributed by atoms with Gasteiger partial charge in [-0.15, -0.1) is 0 Å². The molecule has 3 N–H and O–H groups in total. The van der Waals surface area contributed by atoms with E-state index in [9.17, 15) is 20.0 Å². The molecule has 0 saturated carbocycles. The molecule has 1 rings (SSSR count). The smallest absolute Gasteiger partial charge is 0.315 e. The molecule has 1 atom stereocenters. The lowest BCUT2D eigenvalue weighted by molar-refractivity contribution is -0.384. The van der Waals surface area contributed by atoms with E-state index in [4.69, 9.17) is 0 Å². The molecule has 0 aliphatic carbocycles. The summed E-state index contributed by atoms with van der Waals surface area (Å²) in [6.45, 7) is 6.12. The van der Waals surface area contributed by atoms with Gasteiger partial charge in [0.05, 0.1) is 17.6 Å². The largest absolute Gasteiger partial charge is 0.394 e. The van der Waals surface area contributed by atoms with Gasteiger partial charge in [0, 0.05) is 18.7 Å². The molecule has 0 bridgehead atoms. The number of aliphatic hydroxyl groups excluding tert-OH is 1. The number of hydrogen-bond donors (Lipinski definition) is 3. The molecule has 7 nitrogen and oxygen atoms in total. The van der Waals surface area contributed by atoms with Crippen molar-refractivity contribution in [3.8, 4) is 0 Å². The van der Waals surface area contributed by atoms with Gasteiger partial charge in [-0.1, -0.05) is 32.9 Å². The normalized spacial score (nSPS) is 12.5. The second-order valence-corrected chi connectivity index (χ2v) is 6.40. The molecular weight excluding hydrogens is 286 g/mol. The van der Waals surface area contributed by atoms with Gasteiger partial charge in [-0.3, -0.25) is 10.1 Å². The molecule has 122 valence electrons. The van der Waals surface area contributed by atoms with Crippen LogP contribution in [-0.4, -0.2) is 28.7 Å². The summed E-state index contributed by atoms with van der Waals surface area (Å²) in [5, 5.41) is 25.3. The Morgan fingerprint density at radius 1 is 1.41 bits per heavy atom. The second-order valence-electron chi connectivity index (χ2n) is 6.40. The average molecular weight is 309 g/mol. The number of nitro groups is 1. The molecule has 1 unspecified atom stereocenters. The lowest BCUT2D eigenvalue weighted by atomic mass is 9.88. The summed E-state index contributed by atoms with van der Waals surface area (Å²) in [5.74, 6) is 0. The van der Waals surface area contributed by atoms with E-state index in [2.05, 4.69) is 10.6 Å². The first-order valence-corrected chi connectivity index (χ1v) is 7.10. The monoisotopic (exact) mass is 309 g/mol. The maximum absolute atomic E-state index is 11.8. The highest BCUT2D eigenvalue weighted by atomic mass is 16.6. The van der Waals surface area contributed by atoms with E-state index < -0.39 is 11.0 Å². The van der Waals surface area contributed by atoms with E-state index in [0.29, 0.717) is 12.0 Å². The first kappa shape index (κ1) is 17.9. The van der Waals surface area contributed by atoms with Crippen LogP contribution in [0.15, 0.2) is 24.3 Å². The zero-order valence-corrected chi connectivity index (χ0v) is 13.1. The van der Waals surface area contributed by atoms with Crippen molar-refractivity contribution in [3.05, 3.63) is 39.9 Å². The molecule has 7 heteroatoms. The Labute approximate surface area is 129 Å². The highest BCUT2D eigenvalue weighted by Gasteiger charge is 2.19. The number of benzene rings is 1. The van der Waals surface area contributed by atoms with E-state index in [-0.39, 0.29) is 30.3 Å². The van der Waals surface area contributed by atoms with Gasteiger partial charge < -0.3 is 15.7 Å². The van der Waals surface area contributed by atoms with Gasteiger partial charge in [-0.25, -0.2) is 4.79 Å². The first-order chi connectivity index (χ1) is 10.2. The zero-order chi connectivity index (χ0) is 16.8. The van der Waals surface area contributed by atoms with E-state index in [0.717, 1.165) is 0 Å². The Bertz CT molecular complexity index is 526. The molecular formula is C15H23N3O4. The number of aliphatic hydroxyl groups is 1. The fourth-order valence-electron chi connectivity index (χ4n) is 2.10. The number of non-ortho nitro benzene ring substituents is 1. The standard InChI is InChI=1S/C15H23N3O4/c1-15(2,3)8-12(10-19)17-14(20)16-9-11-5-4-6-13(7-11)18(21)22/h4-7,12,19H,8-10H2,1-3H3,(H2,16,17,20). The topological polar surface area (TPSA) is 104 Å². The SMILES string of the molecule is CC(C)(C)CC(CO)NC(=O)NCc1cccc([N+](=O)[O-])c1. The van der Waals surface area contributed by atoms with Gasteiger partial charge in [-0.05, 0) is 17.4 Å². The summed E-state index contributed by atoms with van der Waals surface area (Å²) in [7, 11) is 0. The first-order valence-electron chi connectivity index (χ1n) is 7.10. The molecule has 1 aromatic rings. The van der Waals surface area contributed by atoms with Gasteiger partial charge >= 0.3 is 6.03 Å². The highest BCUT2D eigenvalue weighted by molar-refractivity contribution is 5.74. The van der Waals surface area contributed by atoms with Crippen molar-refractivity contribution >= 4 is 11.7 Å². The molecule has 0 saturated heterocycles. The summed E-state index contributed by atoms with van der Waals surface area (Å²) < 4.78 is 0. The van der Waals surface area contributed by atoms with Crippen LogP contribution in [-0.2, 0) is 6.54 Å². The molecule has 0 aliphatic heterocycles. The number of rotatable bonds is 6. The van der Waals surface area contributed by atoms with Crippen molar-refractivity contribution < 1.29 is 14.8 Å². The third-order valence-corrected chi connectivity index (χ3v) is 2.99. The molecule has 0 fully saturated rings. The average Bonchev–Trinajstić information content (AvgIpc) is 2.43. The van der Waals surface area contributed by atoms with Crippen LogP contribution >= 0.6 is 0 Å². The number of nitrogens with zero attached hydrogens (tertiary/aromatic N) is 1. The molecule has 22 heavy (non-hydrogen) atoms. The Morgan fingerprint density at radius 3 is 2.64 bits per heavy atom. The molecule has 0 spiro atoms.